The summed E-state index contributed by atoms with van der Waals surface area (Å²) in [6.07, 6.45) is 1.18. The van der Waals surface area contributed by atoms with Crippen LogP contribution in [0.2, 0.25) is 5.02 Å². The van der Waals surface area contributed by atoms with Gasteiger partial charge in [-0.15, -0.1) is 0 Å². The van der Waals surface area contributed by atoms with Crippen molar-refractivity contribution in [2.45, 2.75) is 25.4 Å². The highest BCUT2D eigenvalue weighted by Gasteiger charge is 2.23. The molecule has 3 nitrogen and oxygen atoms in total. The highest BCUT2D eigenvalue weighted by atomic mass is 35.5. The number of sulfone groups is 1. The third-order valence-corrected chi connectivity index (χ3v) is 5.09. The van der Waals surface area contributed by atoms with E-state index in [1.165, 1.54) is 12.1 Å². The molecule has 1 heterocycles. The van der Waals surface area contributed by atoms with Crippen molar-refractivity contribution in [1.29, 1.82) is 0 Å². The predicted molar refractivity (Wildman–Crippen MR) is 69.9 cm³/mol. The van der Waals surface area contributed by atoms with E-state index in [-0.39, 0.29) is 23.4 Å². The van der Waals surface area contributed by atoms with Gasteiger partial charge in [0.15, 0.2) is 0 Å². The van der Waals surface area contributed by atoms with Gasteiger partial charge in [-0.1, -0.05) is 11.6 Å². The first-order chi connectivity index (χ1) is 8.46. The van der Waals surface area contributed by atoms with Gasteiger partial charge in [-0.3, -0.25) is 0 Å². The Labute approximate surface area is 111 Å². The van der Waals surface area contributed by atoms with Crippen LogP contribution in [0.3, 0.4) is 0 Å². The maximum Gasteiger partial charge on any atom is 0.150 e. The minimum atomic E-state index is -2.85. The summed E-state index contributed by atoms with van der Waals surface area (Å²) in [5.41, 5.74) is 0.510. The van der Waals surface area contributed by atoms with Gasteiger partial charge in [0.05, 0.1) is 11.5 Å². The van der Waals surface area contributed by atoms with Crippen molar-refractivity contribution in [3.05, 3.63) is 34.6 Å². The van der Waals surface area contributed by atoms with Crippen LogP contribution in [0.15, 0.2) is 18.2 Å². The Kier molecular flexibility index (Phi) is 4.25. The van der Waals surface area contributed by atoms with Gasteiger partial charge in [0.1, 0.15) is 15.7 Å². The molecule has 100 valence electrons. The number of benzene rings is 1. The van der Waals surface area contributed by atoms with E-state index >= 15 is 0 Å². The molecule has 2 rings (SSSR count). The first-order valence-corrected chi connectivity index (χ1v) is 8.04. The van der Waals surface area contributed by atoms with E-state index in [1.54, 1.807) is 6.07 Å². The largest absolute Gasteiger partial charge is 0.310 e. The fraction of sp³-hybridized carbons (Fsp3) is 0.500. The molecule has 0 atom stereocenters. The van der Waals surface area contributed by atoms with E-state index in [4.69, 9.17) is 11.6 Å². The molecule has 1 aromatic rings. The standard InChI is InChI=1S/C12H15ClFNO2S/c13-10-1-2-12(14)9(7-10)8-15-11-3-5-18(16,17)6-4-11/h1-2,7,11,15H,3-6,8H2. The van der Waals surface area contributed by atoms with Gasteiger partial charge in [0.25, 0.3) is 0 Å². The molecule has 0 unspecified atom stereocenters. The van der Waals surface area contributed by atoms with Gasteiger partial charge in [-0.25, -0.2) is 12.8 Å². The van der Waals surface area contributed by atoms with Crippen LogP contribution >= 0.6 is 11.6 Å². The predicted octanol–water partition coefficient (Wildman–Crippen LogP) is 2.15. The lowest BCUT2D eigenvalue weighted by molar-refractivity contribution is 0.456. The Morgan fingerprint density at radius 2 is 2.00 bits per heavy atom. The topological polar surface area (TPSA) is 46.2 Å². The summed E-state index contributed by atoms with van der Waals surface area (Å²) in [5.74, 6) is 0.126. The zero-order valence-corrected chi connectivity index (χ0v) is 11.4. The summed E-state index contributed by atoms with van der Waals surface area (Å²) in [4.78, 5) is 0. The normalized spacial score (nSPS) is 19.9. The van der Waals surface area contributed by atoms with E-state index in [2.05, 4.69) is 5.32 Å². The monoisotopic (exact) mass is 291 g/mol. The number of hydrogen-bond donors (Lipinski definition) is 1. The molecule has 1 aliphatic heterocycles. The molecule has 0 aliphatic carbocycles. The van der Waals surface area contributed by atoms with Crippen LogP contribution in [0.1, 0.15) is 18.4 Å². The first-order valence-electron chi connectivity index (χ1n) is 5.84. The Morgan fingerprint density at radius 1 is 1.33 bits per heavy atom. The zero-order valence-electron chi connectivity index (χ0n) is 9.83. The lowest BCUT2D eigenvalue weighted by Crippen LogP contribution is -2.37. The minimum absolute atomic E-state index is 0.131. The second kappa shape index (κ2) is 5.55. The quantitative estimate of drug-likeness (QED) is 0.928. The fourth-order valence-corrected chi connectivity index (χ4v) is 3.71. The van der Waals surface area contributed by atoms with E-state index in [0.29, 0.717) is 30.0 Å². The number of halogens is 2. The van der Waals surface area contributed by atoms with Crippen molar-refractivity contribution in [1.82, 2.24) is 5.32 Å². The number of rotatable bonds is 3. The third-order valence-electron chi connectivity index (χ3n) is 3.14. The first kappa shape index (κ1) is 13.8. The molecule has 0 saturated carbocycles. The summed E-state index contributed by atoms with van der Waals surface area (Å²) < 4.78 is 36.0. The summed E-state index contributed by atoms with van der Waals surface area (Å²) in [6, 6.07) is 4.56. The lowest BCUT2D eigenvalue weighted by atomic mass is 10.1. The van der Waals surface area contributed by atoms with Gasteiger partial charge < -0.3 is 5.32 Å². The number of nitrogens with one attached hydrogen (secondary N) is 1. The van der Waals surface area contributed by atoms with E-state index < -0.39 is 9.84 Å². The van der Waals surface area contributed by atoms with Crippen molar-refractivity contribution < 1.29 is 12.8 Å². The lowest BCUT2D eigenvalue weighted by Gasteiger charge is -2.23. The van der Waals surface area contributed by atoms with Crippen molar-refractivity contribution in [2.75, 3.05) is 11.5 Å². The highest BCUT2D eigenvalue weighted by molar-refractivity contribution is 7.91. The van der Waals surface area contributed by atoms with Crippen LogP contribution in [0, 0.1) is 5.82 Å². The van der Waals surface area contributed by atoms with Crippen LogP contribution in [-0.4, -0.2) is 26.0 Å². The molecule has 1 N–H and O–H groups in total. The molecule has 1 saturated heterocycles. The highest BCUT2D eigenvalue weighted by Crippen LogP contribution is 2.16. The van der Waals surface area contributed by atoms with E-state index in [1.807, 2.05) is 0 Å². The molecule has 0 spiro atoms. The van der Waals surface area contributed by atoms with Gasteiger partial charge in [0.2, 0.25) is 0 Å². The van der Waals surface area contributed by atoms with Gasteiger partial charge in [-0.05, 0) is 31.0 Å². The summed E-state index contributed by atoms with van der Waals surface area (Å²) in [5, 5.41) is 3.68. The molecule has 0 aromatic heterocycles. The van der Waals surface area contributed by atoms with Crippen molar-refractivity contribution in [3.8, 4) is 0 Å². The van der Waals surface area contributed by atoms with E-state index in [0.717, 1.165) is 0 Å². The maximum atomic E-state index is 13.5. The van der Waals surface area contributed by atoms with Crippen molar-refractivity contribution in [2.24, 2.45) is 0 Å². The Morgan fingerprint density at radius 3 is 2.67 bits per heavy atom. The molecule has 1 aliphatic rings. The van der Waals surface area contributed by atoms with Gasteiger partial charge in [-0.2, -0.15) is 0 Å². The molecular weight excluding hydrogens is 277 g/mol. The molecule has 18 heavy (non-hydrogen) atoms. The summed E-state index contributed by atoms with van der Waals surface area (Å²) in [7, 11) is -2.85. The Bertz CT molecular complexity index is 519. The van der Waals surface area contributed by atoms with Crippen LogP contribution < -0.4 is 5.32 Å². The average molecular weight is 292 g/mol. The molecule has 1 fully saturated rings. The van der Waals surface area contributed by atoms with Crippen LogP contribution in [0.5, 0.6) is 0 Å². The fourth-order valence-electron chi connectivity index (χ4n) is 2.03. The average Bonchev–Trinajstić information content (AvgIpc) is 2.32. The Hall–Kier alpha value is -0.650. The van der Waals surface area contributed by atoms with Crippen LogP contribution in [-0.2, 0) is 16.4 Å². The minimum Gasteiger partial charge on any atom is -0.310 e. The van der Waals surface area contributed by atoms with Crippen molar-refractivity contribution >= 4 is 21.4 Å². The maximum absolute atomic E-state index is 13.5. The van der Waals surface area contributed by atoms with Gasteiger partial charge in [0, 0.05) is 23.2 Å². The molecule has 0 amide bonds. The zero-order chi connectivity index (χ0) is 13.2. The SMILES string of the molecule is O=S1(=O)CCC(NCc2cc(Cl)ccc2F)CC1. The third kappa shape index (κ3) is 3.67. The smallest absolute Gasteiger partial charge is 0.150 e. The molecule has 0 radical (unpaired) electrons. The molecular formula is C12H15ClFNO2S. The molecule has 0 bridgehead atoms. The molecule has 1 aromatic carbocycles. The van der Waals surface area contributed by atoms with Gasteiger partial charge >= 0.3 is 0 Å². The molecule has 6 heteroatoms. The number of hydrogen-bond acceptors (Lipinski definition) is 3. The van der Waals surface area contributed by atoms with Crippen LogP contribution in [0.25, 0.3) is 0 Å². The van der Waals surface area contributed by atoms with Crippen molar-refractivity contribution in [3.63, 3.8) is 0 Å². The summed E-state index contributed by atoms with van der Waals surface area (Å²) in [6.45, 7) is 0.372. The summed E-state index contributed by atoms with van der Waals surface area (Å²) >= 11 is 5.80. The Balaban J connectivity index is 1.90. The second-order valence-corrected chi connectivity index (χ2v) is 7.28. The second-order valence-electron chi connectivity index (χ2n) is 4.54. The van der Waals surface area contributed by atoms with Crippen LogP contribution in [0.4, 0.5) is 4.39 Å². The van der Waals surface area contributed by atoms with E-state index in [9.17, 15) is 12.8 Å².